The predicted octanol–water partition coefficient (Wildman–Crippen LogP) is 4.60. The van der Waals surface area contributed by atoms with E-state index in [0.29, 0.717) is 29.8 Å². The monoisotopic (exact) mass is 544 g/mol. The Kier molecular flexibility index (Phi) is 7.19. The van der Waals surface area contributed by atoms with Crippen LogP contribution in [0.2, 0.25) is 0 Å². The van der Waals surface area contributed by atoms with Crippen LogP contribution in [-0.4, -0.2) is 76.1 Å². The minimum absolute atomic E-state index is 0.0489. The first-order valence-corrected chi connectivity index (χ1v) is 15.1. The SMILES string of the molecule is C[C@H]1CN(c2ccc(Nc3ncc4c(n3)N3C(C=C4)C(=O)NCC34CCCCC4)nc2)CCN1CCC(C)(C)C. The normalized spacial score (nSPS) is 24.4. The molecule has 1 aliphatic carbocycles. The van der Waals surface area contributed by atoms with Gasteiger partial charge in [-0.2, -0.15) is 4.98 Å². The van der Waals surface area contributed by atoms with Crippen LogP contribution in [0.25, 0.3) is 6.08 Å². The molecule has 3 fully saturated rings. The predicted molar refractivity (Wildman–Crippen MR) is 161 cm³/mol. The quantitative estimate of drug-likeness (QED) is 0.565. The van der Waals surface area contributed by atoms with E-state index in [0.717, 1.165) is 56.1 Å². The van der Waals surface area contributed by atoms with Gasteiger partial charge in [0, 0.05) is 44.0 Å². The zero-order valence-electron chi connectivity index (χ0n) is 24.5. The molecule has 1 unspecified atom stereocenters. The zero-order valence-corrected chi connectivity index (χ0v) is 24.5. The summed E-state index contributed by atoms with van der Waals surface area (Å²) in [6.07, 6.45) is 14.7. The van der Waals surface area contributed by atoms with E-state index in [2.05, 4.69) is 64.1 Å². The number of pyridine rings is 1. The van der Waals surface area contributed by atoms with Crippen molar-refractivity contribution in [2.75, 3.05) is 47.8 Å². The van der Waals surface area contributed by atoms with Gasteiger partial charge in [0.15, 0.2) is 0 Å². The number of piperazine rings is 2. The summed E-state index contributed by atoms with van der Waals surface area (Å²) < 4.78 is 0. The lowest BCUT2D eigenvalue weighted by molar-refractivity contribution is -0.123. The molecule has 9 heteroatoms. The average molecular weight is 545 g/mol. The maximum Gasteiger partial charge on any atom is 0.246 e. The summed E-state index contributed by atoms with van der Waals surface area (Å²) in [5.74, 6) is 2.11. The van der Waals surface area contributed by atoms with Gasteiger partial charge in [0.2, 0.25) is 11.9 Å². The molecule has 6 rings (SSSR count). The molecule has 9 nitrogen and oxygen atoms in total. The van der Waals surface area contributed by atoms with Gasteiger partial charge in [0.25, 0.3) is 0 Å². The lowest BCUT2D eigenvalue weighted by Crippen LogP contribution is -2.69. The molecule has 1 spiro atoms. The van der Waals surface area contributed by atoms with E-state index in [9.17, 15) is 4.79 Å². The van der Waals surface area contributed by atoms with Gasteiger partial charge in [-0.15, -0.1) is 0 Å². The number of fused-ring (bicyclic) bond motifs is 4. The molecular formula is C31H44N8O. The van der Waals surface area contributed by atoms with Crippen LogP contribution in [0.1, 0.15) is 71.8 Å². The molecule has 40 heavy (non-hydrogen) atoms. The van der Waals surface area contributed by atoms with Gasteiger partial charge in [-0.3, -0.25) is 9.69 Å². The molecule has 1 saturated carbocycles. The van der Waals surface area contributed by atoms with Crippen molar-refractivity contribution in [1.82, 2.24) is 25.2 Å². The molecule has 2 N–H and O–H groups in total. The van der Waals surface area contributed by atoms with Crippen molar-refractivity contribution >= 4 is 35.3 Å². The second-order valence-corrected chi connectivity index (χ2v) is 13.3. The van der Waals surface area contributed by atoms with Crippen molar-refractivity contribution in [2.24, 2.45) is 5.41 Å². The fourth-order valence-corrected chi connectivity index (χ4v) is 6.76. The highest BCUT2D eigenvalue weighted by Crippen LogP contribution is 2.43. The van der Waals surface area contributed by atoms with Crippen molar-refractivity contribution in [1.29, 1.82) is 0 Å². The Bertz CT molecular complexity index is 1250. The molecular weight excluding hydrogens is 500 g/mol. The number of nitrogens with one attached hydrogen (secondary N) is 2. The van der Waals surface area contributed by atoms with Crippen molar-refractivity contribution in [2.45, 2.75) is 83.8 Å². The molecule has 0 radical (unpaired) electrons. The maximum absolute atomic E-state index is 12.8. The Morgan fingerprint density at radius 2 is 1.93 bits per heavy atom. The first-order chi connectivity index (χ1) is 19.2. The Balaban J connectivity index is 1.15. The van der Waals surface area contributed by atoms with Crippen LogP contribution in [-0.2, 0) is 4.79 Å². The summed E-state index contributed by atoms with van der Waals surface area (Å²) in [6, 6.07) is 4.33. The van der Waals surface area contributed by atoms with E-state index < -0.39 is 0 Å². The smallest absolute Gasteiger partial charge is 0.246 e. The van der Waals surface area contributed by atoms with E-state index in [-0.39, 0.29) is 17.5 Å². The lowest BCUT2D eigenvalue weighted by atomic mass is 9.77. The van der Waals surface area contributed by atoms with Gasteiger partial charge in [-0.05, 0) is 50.3 Å². The summed E-state index contributed by atoms with van der Waals surface area (Å²) in [7, 11) is 0. The van der Waals surface area contributed by atoms with Crippen molar-refractivity contribution < 1.29 is 4.79 Å². The summed E-state index contributed by atoms with van der Waals surface area (Å²) in [6.45, 7) is 14.2. The zero-order chi connectivity index (χ0) is 27.9. The van der Waals surface area contributed by atoms with Crippen molar-refractivity contribution in [3.05, 3.63) is 36.2 Å². The number of rotatable bonds is 5. The minimum atomic E-state index is -0.323. The standard InChI is InChI=1S/C31H44N8O/c1-22-20-38(17-16-37(22)15-14-30(2,3)4)24-9-11-26(32-19-24)35-29-33-18-23-8-10-25-28(40)34-21-31(12-6-5-7-13-31)39(25)27(23)36-29/h8-11,18-19,22,25H,5-7,12-17,20-21H2,1-4H3,(H,34,40)(H,32,33,35,36)/t22-,25?/m0/s1. The summed E-state index contributed by atoms with van der Waals surface area (Å²) >= 11 is 0. The number of amides is 1. The van der Waals surface area contributed by atoms with Crippen LogP contribution in [0.3, 0.4) is 0 Å². The maximum atomic E-state index is 12.8. The number of carbonyl (C=O) groups excluding carboxylic acids is 1. The highest BCUT2D eigenvalue weighted by atomic mass is 16.2. The largest absolute Gasteiger partial charge is 0.367 e. The Labute approximate surface area is 238 Å². The number of aromatic nitrogens is 3. The van der Waals surface area contributed by atoms with Gasteiger partial charge in [0.05, 0.1) is 17.4 Å². The molecule has 5 heterocycles. The molecule has 214 valence electrons. The van der Waals surface area contributed by atoms with Crippen LogP contribution >= 0.6 is 0 Å². The second-order valence-electron chi connectivity index (χ2n) is 13.3. The van der Waals surface area contributed by atoms with Gasteiger partial charge in [0.1, 0.15) is 17.7 Å². The lowest BCUT2D eigenvalue weighted by Gasteiger charge is -2.54. The molecule has 2 saturated heterocycles. The van der Waals surface area contributed by atoms with Gasteiger partial charge >= 0.3 is 0 Å². The van der Waals surface area contributed by atoms with Crippen LogP contribution < -0.4 is 20.4 Å². The molecule has 2 aromatic heterocycles. The third-order valence-electron chi connectivity index (χ3n) is 9.18. The summed E-state index contributed by atoms with van der Waals surface area (Å²) in [5.41, 5.74) is 2.38. The fourth-order valence-electron chi connectivity index (χ4n) is 6.76. The Morgan fingerprint density at radius 3 is 2.65 bits per heavy atom. The van der Waals surface area contributed by atoms with Gasteiger partial charge in [-0.25, -0.2) is 9.97 Å². The molecule has 4 aliphatic rings. The third kappa shape index (κ3) is 5.40. The molecule has 2 aromatic rings. The van der Waals surface area contributed by atoms with Crippen molar-refractivity contribution in [3.63, 3.8) is 0 Å². The minimum Gasteiger partial charge on any atom is -0.367 e. The van der Waals surface area contributed by atoms with E-state index in [4.69, 9.17) is 9.97 Å². The molecule has 1 amide bonds. The highest BCUT2D eigenvalue weighted by molar-refractivity contribution is 5.93. The number of anilines is 4. The first kappa shape index (κ1) is 27.0. The first-order valence-electron chi connectivity index (χ1n) is 15.1. The van der Waals surface area contributed by atoms with E-state index in [1.165, 1.54) is 25.7 Å². The van der Waals surface area contributed by atoms with Crippen LogP contribution in [0.5, 0.6) is 0 Å². The average Bonchev–Trinajstić information content (AvgIpc) is 2.94. The fraction of sp³-hybridized carbons (Fsp3) is 0.613. The molecule has 0 bridgehead atoms. The second kappa shape index (κ2) is 10.7. The summed E-state index contributed by atoms with van der Waals surface area (Å²) in [4.78, 5) is 34.4. The topological polar surface area (TPSA) is 89.5 Å². The summed E-state index contributed by atoms with van der Waals surface area (Å²) in [5, 5.41) is 6.49. The molecule has 3 aliphatic heterocycles. The highest BCUT2D eigenvalue weighted by Gasteiger charge is 2.49. The number of nitrogens with zero attached hydrogens (tertiary/aromatic N) is 6. The van der Waals surface area contributed by atoms with Crippen LogP contribution in [0.4, 0.5) is 23.3 Å². The number of hydrogen-bond acceptors (Lipinski definition) is 8. The van der Waals surface area contributed by atoms with Gasteiger partial charge < -0.3 is 20.4 Å². The third-order valence-corrected chi connectivity index (χ3v) is 9.18. The van der Waals surface area contributed by atoms with E-state index in [1.54, 1.807) is 0 Å². The van der Waals surface area contributed by atoms with E-state index >= 15 is 0 Å². The number of hydrogen-bond donors (Lipinski definition) is 2. The Hall–Kier alpha value is -3.20. The van der Waals surface area contributed by atoms with Crippen molar-refractivity contribution in [3.8, 4) is 0 Å². The number of carbonyl (C=O) groups is 1. The van der Waals surface area contributed by atoms with Crippen LogP contribution in [0.15, 0.2) is 30.6 Å². The Morgan fingerprint density at radius 1 is 1.10 bits per heavy atom. The van der Waals surface area contributed by atoms with Crippen LogP contribution in [0, 0.1) is 5.41 Å². The molecule has 2 atom stereocenters. The van der Waals surface area contributed by atoms with Gasteiger partial charge in [-0.1, -0.05) is 52.2 Å². The van der Waals surface area contributed by atoms with E-state index in [1.807, 2.05) is 30.6 Å². The molecule has 0 aromatic carbocycles.